The Balaban J connectivity index is 2.61. The molecule has 0 saturated carbocycles. The number of ether oxygens (including phenoxy) is 3. The van der Waals surface area contributed by atoms with Gasteiger partial charge in [0.05, 0.1) is 50.4 Å². The topological polar surface area (TPSA) is 155 Å². The average Bonchev–Trinajstić information content (AvgIpc) is 2.67. The number of rotatable bonds is 11. The Morgan fingerprint density at radius 2 is 1.89 bits per heavy atom. The first-order valence-corrected chi connectivity index (χ1v) is 7.86. The first-order valence-electron chi connectivity index (χ1n) is 7.86. The Hall–Kier alpha value is -3.18. The standard InChI is InChI=1S/C16H22N4O7/c1-25-13-9-11(12(20(23)24)10-14(13)26-2)3-4-15(21)18-6-8-27-7-5-16(22)19-17/h3-4,9-10H,5-8,17H2,1-2H3,(H,18,21)(H,19,22). The van der Waals surface area contributed by atoms with E-state index in [1.807, 2.05) is 5.43 Å². The SMILES string of the molecule is COc1cc(C=CC(=O)NCCOCCC(=O)NN)c([N+](=O)[O-])cc1OC. The van der Waals surface area contributed by atoms with Gasteiger partial charge in [-0.2, -0.15) is 0 Å². The fraction of sp³-hybridized carbons (Fsp3) is 0.375. The van der Waals surface area contributed by atoms with Crippen molar-refractivity contribution in [2.75, 3.05) is 34.0 Å². The molecule has 0 aliphatic carbocycles. The molecule has 0 atom stereocenters. The number of nitrogens with zero attached hydrogens (tertiary/aromatic N) is 1. The maximum Gasteiger partial charge on any atom is 0.280 e. The van der Waals surface area contributed by atoms with Gasteiger partial charge < -0.3 is 19.5 Å². The Morgan fingerprint density at radius 1 is 1.22 bits per heavy atom. The van der Waals surface area contributed by atoms with Crippen molar-refractivity contribution in [2.24, 2.45) is 5.84 Å². The maximum absolute atomic E-state index is 11.8. The summed E-state index contributed by atoms with van der Waals surface area (Å²) < 4.78 is 15.3. The number of carbonyl (C=O) groups is 2. The van der Waals surface area contributed by atoms with Crippen molar-refractivity contribution >= 4 is 23.6 Å². The van der Waals surface area contributed by atoms with Crippen LogP contribution in [0.25, 0.3) is 6.08 Å². The van der Waals surface area contributed by atoms with Crippen molar-refractivity contribution in [2.45, 2.75) is 6.42 Å². The number of hydrogen-bond acceptors (Lipinski definition) is 8. The Labute approximate surface area is 155 Å². The van der Waals surface area contributed by atoms with Crippen LogP contribution in [0.4, 0.5) is 5.69 Å². The highest BCUT2D eigenvalue weighted by molar-refractivity contribution is 5.92. The van der Waals surface area contributed by atoms with E-state index < -0.39 is 10.8 Å². The zero-order valence-electron chi connectivity index (χ0n) is 15.0. The maximum atomic E-state index is 11.8. The van der Waals surface area contributed by atoms with Gasteiger partial charge in [0.15, 0.2) is 11.5 Å². The van der Waals surface area contributed by atoms with Crippen LogP contribution in [0.15, 0.2) is 18.2 Å². The molecule has 2 amide bonds. The van der Waals surface area contributed by atoms with Crippen LogP contribution in [0.5, 0.6) is 11.5 Å². The van der Waals surface area contributed by atoms with Crippen molar-refractivity contribution in [3.8, 4) is 11.5 Å². The van der Waals surface area contributed by atoms with E-state index in [2.05, 4.69) is 5.32 Å². The Morgan fingerprint density at radius 3 is 2.48 bits per heavy atom. The molecule has 4 N–H and O–H groups in total. The van der Waals surface area contributed by atoms with Gasteiger partial charge in [0.1, 0.15) is 0 Å². The first kappa shape index (κ1) is 21.9. The molecule has 0 aliphatic rings. The smallest absolute Gasteiger partial charge is 0.280 e. The lowest BCUT2D eigenvalue weighted by molar-refractivity contribution is -0.385. The highest BCUT2D eigenvalue weighted by Gasteiger charge is 2.18. The number of carbonyl (C=O) groups excluding carboxylic acids is 2. The predicted octanol–water partition coefficient (Wildman–Crippen LogP) is 0.138. The molecule has 0 fully saturated rings. The van der Waals surface area contributed by atoms with E-state index >= 15 is 0 Å². The summed E-state index contributed by atoms with van der Waals surface area (Å²) in [6, 6.07) is 2.63. The normalized spacial score (nSPS) is 10.5. The molecule has 0 spiro atoms. The highest BCUT2D eigenvalue weighted by atomic mass is 16.6. The van der Waals surface area contributed by atoms with Crippen LogP contribution in [0, 0.1) is 10.1 Å². The average molecular weight is 382 g/mol. The minimum absolute atomic E-state index is 0.118. The van der Waals surface area contributed by atoms with Gasteiger partial charge in [0.2, 0.25) is 11.8 Å². The molecule has 0 aliphatic heterocycles. The number of hydrazine groups is 1. The van der Waals surface area contributed by atoms with Crippen LogP contribution in [0.2, 0.25) is 0 Å². The summed E-state index contributed by atoms with van der Waals surface area (Å²) in [6.07, 6.45) is 2.59. The molecule has 11 heteroatoms. The molecule has 1 aromatic carbocycles. The molecule has 0 bridgehead atoms. The number of nitrogens with one attached hydrogen (secondary N) is 2. The fourth-order valence-electron chi connectivity index (χ4n) is 1.99. The van der Waals surface area contributed by atoms with Crippen LogP contribution in [-0.4, -0.2) is 50.7 Å². The Kier molecular flexibility index (Phi) is 9.26. The number of amides is 2. The van der Waals surface area contributed by atoms with Gasteiger partial charge in [-0.3, -0.25) is 25.1 Å². The van der Waals surface area contributed by atoms with Crippen LogP contribution in [0.3, 0.4) is 0 Å². The van der Waals surface area contributed by atoms with Gasteiger partial charge in [0.25, 0.3) is 5.69 Å². The molecule has 0 heterocycles. The monoisotopic (exact) mass is 382 g/mol. The lowest BCUT2D eigenvalue weighted by Crippen LogP contribution is -2.31. The number of hydrogen-bond donors (Lipinski definition) is 3. The molecule has 1 rings (SSSR count). The van der Waals surface area contributed by atoms with Crippen molar-refractivity contribution in [3.05, 3.63) is 33.9 Å². The summed E-state index contributed by atoms with van der Waals surface area (Å²) in [5.41, 5.74) is 1.94. The summed E-state index contributed by atoms with van der Waals surface area (Å²) in [5, 5.41) is 13.8. The van der Waals surface area contributed by atoms with Crippen LogP contribution < -0.4 is 26.1 Å². The molecule has 0 saturated heterocycles. The third-order valence-electron chi connectivity index (χ3n) is 3.32. The largest absolute Gasteiger partial charge is 0.493 e. The van der Waals surface area contributed by atoms with E-state index in [4.69, 9.17) is 20.1 Å². The third kappa shape index (κ3) is 7.30. The number of methoxy groups -OCH3 is 2. The van der Waals surface area contributed by atoms with Crippen LogP contribution in [-0.2, 0) is 14.3 Å². The van der Waals surface area contributed by atoms with Gasteiger partial charge >= 0.3 is 0 Å². The van der Waals surface area contributed by atoms with Gasteiger partial charge in [-0.25, -0.2) is 5.84 Å². The van der Waals surface area contributed by atoms with Crippen molar-refractivity contribution in [3.63, 3.8) is 0 Å². The molecule has 0 radical (unpaired) electrons. The predicted molar refractivity (Wildman–Crippen MR) is 96.0 cm³/mol. The molecule has 1 aromatic rings. The zero-order valence-corrected chi connectivity index (χ0v) is 15.0. The van der Waals surface area contributed by atoms with Gasteiger partial charge in [0, 0.05) is 12.6 Å². The second kappa shape index (κ2) is 11.4. The number of nitro groups is 1. The van der Waals surface area contributed by atoms with Gasteiger partial charge in [-0.15, -0.1) is 0 Å². The summed E-state index contributed by atoms with van der Waals surface area (Å²) in [4.78, 5) is 33.3. The van der Waals surface area contributed by atoms with E-state index in [9.17, 15) is 19.7 Å². The molecule has 11 nitrogen and oxygen atoms in total. The second-order valence-electron chi connectivity index (χ2n) is 5.08. The van der Waals surface area contributed by atoms with Gasteiger partial charge in [-0.05, 0) is 12.1 Å². The van der Waals surface area contributed by atoms with E-state index in [1.54, 1.807) is 0 Å². The minimum Gasteiger partial charge on any atom is -0.493 e. The van der Waals surface area contributed by atoms with E-state index in [0.717, 1.165) is 6.08 Å². The second-order valence-corrected chi connectivity index (χ2v) is 5.08. The minimum atomic E-state index is -0.579. The molecule has 0 aromatic heterocycles. The number of benzene rings is 1. The van der Waals surface area contributed by atoms with Crippen LogP contribution >= 0.6 is 0 Å². The first-order chi connectivity index (χ1) is 12.9. The van der Waals surface area contributed by atoms with Crippen molar-refractivity contribution in [1.29, 1.82) is 0 Å². The fourth-order valence-corrected chi connectivity index (χ4v) is 1.99. The lowest BCUT2D eigenvalue weighted by Gasteiger charge is -2.08. The Bertz CT molecular complexity index is 706. The molecular formula is C16H22N4O7. The molecular weight excluding hydrogens is 360 g/mol. The molecule has 0 unspecified atom stereocenters. The van der Waals surface area contributed by atoms with E-state index in [-0.39, 0.29) is 49.1 Å². The highest BCUT2D eigenvalue weighted by Crippen LogP contribution is 2.35. The molecule has 27 heavy (non-hydrogen) atoms. The zero-order chi connectivity index (χ0) is 20.2. The van der Waals surface area contributed by atoms with Crippen molar-refractivity contribution in [1.82, 2.24) is 10.7 Å². The summed E-state index contributed by atoms with van der Waals surface area (Å²) in [6.45, 7) is 0.585. The van der Waals surface area contributed by atoms with Crippen molar-refractivity contribution < 1.29 is 28.7 Å². The van der Waals surface area contributed by atoms with Crippen LogP contribution in [0.1, 0.15) is 12.0 Å². The van der Waals surface area contributed by atoms with E-state index in [0.29, 0.717) is 5.75 Å². The van der Waals surface area contributed by atoms with E-state index in [1.165, 1.54) is 32.4 Å². The number of nitrogens with two attached hydrogens (primary N) is 1. The lowest BCUT2D eigenvalue weighted by atomic mass is 10.1. The molecule has 148 valence electrons. The van der Waals surface area contributed by atoms with Gasteiger partial charge in [-0.1, -0.05) is 0 Å². The number of nitro benzene ring substituents is 1. The third-order valence-corrected chi connectivity index (χ3v) is 3.32. The summed E-state index contributed by atoms with van der Waals surface area (Å²) in [7, 11) is 2.77. The summed E-state index contributed by atoms with van der Waals surface area (Å²) >= 11 is 0. The summed E-state index contributed by atoms with van der Waals surface area (Å²) in [5.74, 6) is 4.63. The quantitative estimate of drug-likeness (QED) is 0.122.